The van der Waals surface area contributed by atoms with Gasteiger partial charge in [-0.25, -0.2) is 4.79 Å². The number of aryl methyl sites for hydroxylation is 1. The molecule has 0 heterocycles. The lowest BCUT2D eigenvalue weighted by atomic mass is 10.2. The van der Waals surface area contributed by atoms with Crippen molar-refractivity contribution in [1.82, 2.24) is 5.32 Å². The number of carboxylic acids is 1. The van der Waals surface area contributed by atoms with Gasteiger partial charge < -0.3 is 15.7 Å². The van der Waals surface area contributed by atoms with Crippen LogP contribution in [0.5, 0.6) is 0 Å². The van der Waals surface area contributed by atoms with Crippen molar-refractivity contribution in [2.75, 3.05) is 16.8 Å². The van der Waals surface area contributed by atoms with E-state index in [2.05, 4.69) is 10.6 Å². The predicted octanol–water partition coefficient (Wildman–Crippen LogP) is 1.26. The van der Waals surface area contributed by atoms with Gasteiger partial charge in [-0.1, -0.05) is 17.7 Å². The molecule has 1 rings (SSSR count). The third kappa shape index (κ3) is 6.80. The number of carbonyl (C=O) groups is 3. The maximum Gasteiger partial charge on any atom is 0.326 e. The molecule has 114 valence electrons. The normalized spacial score (nSPS) is 11.5. The number of anilines is 1. The van der Waals surface area contributed by atoms with Crippen molar-refractivity contribution in [3.05, 3.63) is 29.8 Å². The predicted molar refractivity (Wildman–Crippen MR) is 82.4 cm³/mol. The molecule has 21 heavy (non-hydrogen) atoms. The number of aliphatic carboxylic acids is 1. The highest BCUT2D eigenvalue weighted by molar-refractivity contribution is 7.99. The molecule has 7 heteroatoms. The van der Waals surface area contributed by atoms with Gasteiger partial charge in [0.1, 0.15) is 6.04 Å². The Bertz CT molecular complexity index is 490. The molecule has 1 aromatic carbocycles. The molecule has 0 saturated heterocycles. The van der Waals surface area contributed by atoms with E-state index in [9.17, 15) is 14.4 Å². The largest absolute Gasteiger partial charge is 0.480 e. The van der Waals surface area contributed by atoms with E-state index in [1.807, 2.05) is 31.2 Å². The zero-order chi connectivity index (χ0) is 15.7. The minimum atomic E-state index is -1.08. The number of hydrogen-bond acceptors (Lipinski definition) is 4. The summed E-state index contributed by atoms with van der Waals surface area (Å²) in [6.45, 7) is 1.97. The van der Waals surface area contributed by atoms with Crippen molar-refractivity contribution < 1.29 is 19.5 Å². The van der Waals surface area contributed by atoms with Gasteiger partial charge in [0.05, 0.1) is 5.75 Å². The van der Waals surface area contributed by atoms with Crippen LogP contribution in [0, 0.1) is 6.92 Å². The summed E-state index contributed by atoms with van der Waals surface area (Å²) in [5.74, 6) is -0.508. The topological polar surface area (TPSA) is 95.5 Å². The highest BCUT2D eigenvalue weighted by atomic mass is 32.2. The number of benzene rings is 1. The van der Waals surface area contributed by atoms with Crippen LogP contribution in [-0.4, -0.2) is 40.9 Å². The van der Waals surface area contributed by atoms with Crippen molar-refractivity contribution >= 4 is 35.7 Å². The van der Waals surface area contributed by atoms with Crippen molar-refractivity contribution in [3.8, 4) is 0 Å². The average molecular weight is 310 g/mol. The maximum atomic E-state index is 11.7. The first-order valence-corrected chi connectivity index (χ1v) is 7.55. The molecule has 6 nitrogen and oxygen atoms in total. The smallest absolute Gasteiger partial charge is 0.326 e. The first-order valence-electron chi connectivity index (χ1n) is 6.39. The first-order chi connectivity index (χ1) is 10.0. The van der Waals surface area contributed by atoms with E-state index in [0.717, 1.165) is 11.3 Å². The molecule has 0 saturated carbocycles. The van der Waals surface area contributed by atoms with Crippen LogP contribution in [0.4, 0.5) is 5.69 Å². The third-order valence-corrected chi connectivity index (χ3v) is 3.68. The Labute approximate surface area is 127 Å². The Kier molecular flexibility index (Phi) is 7.31. The molecule has 0 spiro atoms. The molecular formula is C14H18N2O4S. The monoisotopic (exact) mass is 310 g/mol. The van der Waals surface area contributed by atoms with Crippen LogP contribution in [0.1, 0.15) is 12.0 Å². The van der Waals surface area contributed by atoms with Gasteiger partial charge in [0.25, 0.3) is 0 Å². The Hall–Kier alpha value is -2.02. The summed E-state index contributed by atoms with van der Waals surface area (Å²) in [5.41, 5.74) is 1.85. The highest BCUT2D eigenvalue weighted by Gasteiger charge is 2.15. The summed E-state index contributed by atoms with van der Waals surface area (Å²) < 4.78 is 0. The van der Waals surface area contributed by atoms with Crippen LogP contribution >= 0.6 is 11.8 Å². The number of amides is 2. The summed E-state index contributed by atoms with van der Waals surface area (Å²) in [4.78, 5) is 32.7. The second kappa shape index (κ2) is 9.02. The lowest BCUT2D eigenvalue weighted by molar-refractivity contribution is -0.140. The van der Waals surface area contributed by atoms with Crippen LogP contribution in [0.15, 0.2) is 24.3 Å². The number of carboxylic acid groups (broad SMARTS) is 1. The molecular weight excluding hydrogens is 292 g/mol. The molecule has 0 radical (unpaired) electrons. The molecule has 0 aliphatic heterocycles. The van der Waals surface area contributed by atoms with Gasteiger partial charge in [0.15, 0.2) is 0 Å². The van der Waals surface area contributed by atoms with Gasteiger partial charge in [0.2, 0.25) is 12.3 Å². The third-order valence-electron chi connectivity index (χ3n) is 2.69. The number of rotatable bonds is 9. The zero-order valence-electron chi connectivity index (χ0n) is 11.7. The van der Waals surface area contributed by atoms with Gasteiger partial charge in [-0.2, -0.15) is 11.8 Å². The van der Waals surface area contributed by atoms with Crippen LogP contribution in [0.2, 0.25) is 0 Å². The minimum Gasteiger partial charge on any atom is -0.480 e. The number of thioether (sulfide) groups is 1. The molecule has 1 aromatic rings. The van der Waals surface area contributed by atoms with E-state index in [1.165, 1.54) is 11.8 Å². The van der Waals surface area contributed by atoms with E-state index in [1.54, 1.807) is 0 Å². The molecule has 0 aliphatic rings. The summed E-state index contributed by atoms with van der Waals surface area (Å²) in [6, 6.07) is 6.56. The van der Waals surface area contributed by atoms with E-state index in [0.29, 0.717) is 12.2 Å². The first kappa shape index (κ1) is 17.0. The molecule has 2 amide bonds. The van der Waals surface area contributed by atoms with E-state index in [-0.39, 0.29) is 18.1 Å². The second-order valence-electron chi connectivity index (χ2n) is 4.43. The van der Waals surface area contributed by atoms with Crippen molar-refractivity contribution in [2.45, 2.75) is 19.4 Å². The molecule has 0 aromatic heterocycles. The van der Waals surface area contributed by atoms with Gasteiger partial charge in [-0.3, -0.25) is 9.59 Å². The zero-order valence-corrected chi connectivity index (χ0v) is 12.5. The van der Waals surface area contributed by atoms with E-state index in [4.69, 9.17) is 5.11 Å². The van der Waals surface area contributed by atoms with Crippen molar-refractivity contribution in [2.24, 2.45) is 0 Å². The number of nitrogens with one attached hydrogen (secondary N) is 2. The Morgan fingerprint density at radius 3 is 2.57 bits per heavy atom. The van der Waals surface area contributed by atoms with Crippen LogP contribution in [-0.2, 0) is 14.4 Å². The Morgan fingerprint density at radius 2 is 2.00 bits per heavy atom. The molecule has 1 atom stereocenters. The van der Waals surface area contributed by atoms with Crippen LogP contribution in [0.25, 0.3) is 0 Å². The van der Waals surface area contributed by atoms with Crippen LogP contribution < -0.4 is 10.6 Å². The summed E-state index contributed by atoms with van der Waals surface area (Å²) >= 11 is 1.32. The fourth-order valence-electron chi connectivity index (χ4n) is 1.56. The van der Waals surface area contributed by atoms with Crippen LogP contribution in [0.3, 0.4) is 0 Å². The maximum absolute atomic E-state index is 11.7. The Morgan fingerprint density at radius 1 is 1.33 bits per heavy atom. The second-order valence-corrected chi connectivity index (χ2v) is 5.54. The quantitative estimate of drug-likeness (QED) is 0.471. The highest BCUT2D eigenvalue weighted by Crippen LogP contribution is 2.10. The summed E-state index contributed by atoms with van der Waals surface area (Å²) in [6.07, 6.45) is 0.643. The van der Waals surface area contributed by atoms with Crippen molar-refractivity contribution in [3.63, 3.8) is 0 Å². The average Bonchev–Trinajstić information content (AvgIpc) is 2.44. The number of hydrogen-bond donors (Lipinski definition) is 3. The molecule has 1 unspecified atom stereocenters. The van der Waals surface area contributed by atoms with E-state index >= 15 is 0 Å². The van der Waals surface area contributed by atoms with Gasteiger partial charge >= 0.3 is 5.97 Å². The fraction of sp³-hybridized carbons (Fsp3) is 0.357. The van der Waals surface area contributed by atoms with Gasteiger partial charge in [-0.05, 0) is 31.2 Å². The lowest BCUT2D eigenvalue weighted by Crippen LogP contribution is -2.36. The molecule has 0 fully saturated rings. The molecule has 3 N–H and O–H groups in total. The summed E-state index contributed by atoms with van der Waals surface area (Å²) in [7, 11) is 0. The standard InChI is InChI=1S/C14H18N2O4S/c1-10-2-4-11(5-3-10)16-13(18)8-21-7-6-12(14(19)20)15-9-17/h2-5,9,12H,6-8H2,1H3,(H,15,17)(H,16,18)(H,19,20). The SMILES string of the molecule is Cc1ccc(NC(=O)CSCCC(NC=O)C(=O)O)cc1. The fourth-order valence-corrected chi connectivity index (χ4v) is 2.36. The Balaban J connectivity index is 2.25. The minimum absolute atomic E-state index is 0.140. The summed E-state index contributed by atoms with van der Waals surface area (Å²) in [5, 5.41) is 13.8. The number of carbonyl (C=O) groups excluding carboxylic acids is 2. The van der Waals surface area contributed by atoms with Gasteiger partial charge in [0, 0.05) is 5.69 Å². The van der Waals surface area contributed by atoms with Gasteiger partial charge in [-0.15, -0.1) is 0 Å². The van der Waals surface area contributed by atoms with Crippen molar-refractivity contribution in [1.29, 1.82) is 0 Å². The molecule has 0 bridgehead atoms. The lowest BCUT2D eigenvalue weighted by Gasteiger charge is -2.10. The molecule has 0 aliphatic carbocycles. The van der Waals surface area contributed by atoms with E-state index < -0.39 is 12.0 Å².